The molecule has 2 heterocycles. The Morgan fingerprint density at radius 1 is 1.29 bits per heavy atom. The SMILES string of the molecule is Cc1nc(N2CCN(Cc3cc(F)cc(F)c3)C2=O)sc1C(=O)O. The van der Waals surface area contributed by atoms with Gasteiger partial charge in [-0.2, -0.15) is 0 Å². The third kappa shape index (κ3) is 3.07. The van der Waals surface area contributed by atoms with Gasteiger partial charge in [0.25, 0.3) is 0 Å². The van der Waals surface area contributed by atoms with E-state index in [9.17, 15) is 18.4 Å². The number of benzene rings is 1. The van der Waals surface area contributed by atoms with Crippen LogP contribution < -0.4 is 4.90 Å². The highest BCUT2D eigenvalue weighted by Crippen LogP contribution is 2.29. The molecule has 0 aliphatic carbocycles. The lowest BCUT2D eigenvalue weighted by molar-refractivity contribution is 0.0701. The quantitative estimate of drug-likeness (QED) is 0.917. The van der Waals surface area contributed by atoms with Gasteiger partial charge in [-0.15, -0.1) is 0 Å². The van der Waals surface area contributed by atoms with Crippen LogP contribution in [0.5, 0.6) is 0 Å². The number of aromatic carboxylic acids is 1. The topological polar surface area (TPSA) is 73.7 Å². The molecule has 2 aromatic rings. The second-order valence-electron chi connectivity index (χ2n) is 5.35. The van der Waals surface area contributed by atoms with Crippen molar-refractivity contribution < 1.29 is 23.5 Å². The summed E-state index contributed by atoms with van der Waals surface area (Å²) in [7, 11) is 0. The molecule has 6 nitrogen and oxygen atoms in total. The van der Waals surface area contributed by atoms with Gasteiger partial charge in [-0.1, -0.05) is 11.3 Å². The lowest BCUT2D eigenvalue weighted by atomic mass is 10.2. The molecule has 126 valence electrons. The van der Waals surface area contributed by atoms with Gasteiger partial charge in [0.05, 0.1) is 5.69 Å². The van der Waals surface area contributed by atoms with Gasteiger partial charge < -0.3 is 10.0 Å². The number of anilines is 1. The predicted molar refractivity (Wildman–Crippen MR) is 83.3 cm³/mol. The second kappa shape index (κ2) is 6.16. The van der Waals surface area contributed by atoms with Crippen LogP contribution >= 0.6 is 11.3 Å². The van der Waals surface area contributed by atoms with E-state index in [4.69, 9.17) is 5.11 Å². The summed E-state index contributed by atoms with van der Waals surface area (Å²) in [5.74, 6) is -2.49. The molecule has 9 heteroatoms. The van der Waals surface area contributed by atoms with Crippen LogP contribution in [-0.2, 0) is 6.54 Å². The van der Waals surface area contributed by atoms with Crippen molar-refractivity contribution >= 4 is 28.5 Å². The van der Waals surface area contributed by atoms with E-state index < -0.39 is 17.6 Å². The number of halogens is 2. The normalized spacial score (nSPS) is 14.5. The third-order valence-corrected chi connectivity index (χ3v) is 4.77. The summed E-state index contributed by atoms with van der Waals surface area (Å²) in [6, 6.07) is 2.75. The van der Waals surface area contributed by atoms with Crippen molar-refractivity contribution in [3.63, 3.8) is 0 Å². The van der Waals surface area contributed by atoms with E-state index in [-0.39, 0.29) is 17.5 Å². The monoisotopic (exact) mass is 353 g/mol. The number of amides is 2. The highest BCUT2D eigenvalue weighted by Gasteiger charge is 2.32. The fourth-order valence-corrected chi connectivity index (χ4v) is 3.45. The molecule has 0 spiro atoms. The standard InChI is InChI=1S/C15H13F2N3O3S/c1-8-12(13(21)22)24-14(18-8)20-3-2-19(15(20)23)7-9-4-10(16)6-11(17)5-9/h4-6H,2-3,7H2,1H3,(H,21,22). The van der Waals surface area contributed by atoms with Gasteiger partial charge in [0.1, 0.15) is 16.5 Å². The number of nitrogens with zero attached hydrogens (tertiary/aromatic N) is 3. The van der Waals surface area contributed by atoms with Gasteiger partial charge in [0.2, 0.25) is 0 Å². The van der Waals surface area contributed by atoms with Gasteiger partial charge in [-0.05, 0) is 24.6 Å². The number of rotatable bonds is 4. The Hall–Kier alpha value is -2.55. The van der Waals surface area contributed by atoms with E-state index in [1.165, 1.54) is 21.9 Å². The minimum Gasteiger partial charge on any atom is -0.477 e. The van der Waals surface area contributed by atoms with Crippen molar-refractivity contribution in [2.24, 2.45) is 0 Å². The van der Waals surface area contributed by atoms with Crippen LogP contribution in [0.4, 0.5) is 18.7 Å². The molecule has 1 aliphatic heterocycles. The second-order valence-corrected chi connectivity index (χ2v) is 6.33. The molecular formula is C15H13F2N3O3S. The first kappa shape index (κ1) is 16.3. The number of carboxylic acids is 1. The van der Waals surface area contributed by atoms with Gasteiger partial charge >= 0.3 is 12.0 Å². The highest BCUT2D eigenvalue weighted by atomic mass is 32.1. The van der Waals surface area contributed by atoms with E-state index in [1.807, 2.05) is 0 Å². The Morgan fingerprint density at radius 2 is 1.96 bits per heavy atom. The maximum Gasteiger partial charge on any atom is 0.347 e. The zero-order chi connectivity index (χ0) is 17.4. The first-order chi connectivity index (χ1) is 11.3. The molecule has 3 rings (SSSR count). The van der Waals surface area contributed by atoms with Crippen LogP contribution in [0.25, 0.3) is 0 Å². The highest BCUT2D eigenvalue weighted by molar-refractivity contribution is 7.17. The first-order valence-electron chi connectivity index (χ1n) is 7.07. The lowest BCUT2D eigenvalue weighted by Crippen LogP contribution is -2.31. The average Bonchev–Trinajstić information content (AvgIpc) is 3.02. The van der Waals surface area contributed by atoms with Crippen molar-refractivity contribution in [3.05, 3.63) is 46.0 Å². The van der Waals surface area contributed by atoms with E-state index in [1.54, 1.807) is 6.92 Å². The van der Waals surface area contributed by atoms with E-state index in [0.29, 0.717) is 29.5 Å². The maximum atomic E-state index is 13.2. The van der Waals surface area contributed by atoms with Crippen molar-refractivity contribution in [1.29, 1.82) is 0 Å². The fourth-order valence-electron chi connectivity index (χ4n) is 2.53. The molecule has 1 aromatic heterocycles. The van der Waals surface area contributed by atoms with Crippen LogP contribution in [0.3, 0.4) is 0 Å². The summed E-state index contributed by atoms with van der Waals surface area (Å²) < 4.78 is 26.5. The number of carbonyl (C=O) groups is 2. The fraction of sp³-hybridized carbons (Fsp3) is 0.267. The zero-order valence-electron chi connectivity index (χ0n) is 12.6. The number of urea groups is 1. The zero-order valence-corrected chi connectivity index (χ0v) is 13.4. The third-order valence-electron chi connectivity index (χ3n) is 3.60. The summed E-state index contributed by atoms with van der Waals surface area (Å²) in [5, 5.41) is 9.38. The summed E-state index contributed by atoms with van der Waals surface area (Å²) >= 11 is 0.930. The number of hydrogen-bond acceptors (Lipinski definition) is 4. The summed E-state index contributed by atoms with van der Waals surface area (Å²) in [6.45, 7) is 2.33. The summed E-state index contributed by atoms with van der Waals surface area (Å²) in [5.41, 5.74) is 0.699. The van der Waals surface area contributed by atoms with Crippen molar-refractivity contribution in [1.82, 2.24) is 9.88 Å². The molecule has 1 N–H and O–H groups in total. The molecule has 0 atom stereocenters. The van der Waals surface area contributed by atoms with E-state index >= 15 is 0 Å². The Labute approximate surface area is 140 Å². The molecule has 1 fully saturated rings. The Kier molecular flexibility index (Phi) is 4.18. The predicted octanol–water partition coefficient (Wildman–Crippen LogP) is 2.87. The number of carboxylic acid groups (broad SMARTS) is 1. The average molecular weight is 353 g/mol. The Bertz CT molecular complexity index is 804. The lowest BCUT2D eigenvalue weighted by Gasteiger charge is -2.17. The van der Waals surface area contributed by atoms with Crippen LogP contribution in [0, 0.1) is 18.6 Å². The molecule has 0 unspecified atom stereocenters. The molecule has 0 saturated carbocycles. The van der Waals surface area contributed by atoms with Crippen LogP contribution in [-0.4, -0.2) is 40.1 Å². The van der Waals surface area contributed by atoms with Crippen LogP contribution in [0.15, 0.2) is 18.2 Å². The minimum absolute atomic E-state index is 0.0696. The van der Waals surface area contributed by atoms with Crippen molar-refractivity contribution in [3.8, 4) is 0 Å². The van der Waals surface area contributed by atoms with Crippen LogP contribution in [0.1, 0.15) is 20.9 Å². The molecule has 2 amide bonds. The first-order valence-corrected chi connectivity index (χ1v) is 7.89. The van der Waals surface area contributed by atoms with Gasteiger partial charge in [0, 0.05) is 25.7 Å². The molecule has 1 aromatic carbocycles. The maximum absolute atomic E-state index is 13.2. The molecule has 1 aliphatic rings. The largest absolute Gasteiger partial charge is 0.477 e. The number of aromatic nitrogens is 1. The number of thiazole rings is 1. The number of aryl methyl sites for hydroxylation is 1. The van der Waals surface area contributed by atoms with Gasteiger partial charge in [-0.3, -0.25) is 4.90 Å². The van der Waals surface area contributed by atoms with E-state index in [2.05, 4.69) is 4.98 Å². The summed E-state index contributed by atoms with van der Waals surface area (Å²) in [6.07, 6.45) is 0. The number of hydrogen-bond donors (Lipinski definition) is 1. The smallest absolute Gasteiger partial charge is 0.347 e. The van der Waals surface area contributed by atoms with Gasteiger partial charge in [-0.25, -0.2) is 23.4 Å². The van der Waals surface area contributed by atoms with Crippen molar-refractivity contribution in [2.75, 3.05) is 18.0 Å². The van der Waals surface area contributed by atoms with E-state index in [0.717, 1.165) is 17.4 Å². The molecule has 1 saturated heterocycles. The summed E-state index contributed by atoms with van der Waals surface area (Å²) in [4.78, 5) is 30.6. The van der Waals surface area contributed by atoms with Crippen molar-refractivity contribution in [2.45, 2.75) is 13.5 Å². The molecule has 0 radical (unpaired) electrons. The van der Waals surface area contributed by atoms with Gasteiger partial charge in [0.15, 0.2) is 5.13 Å². The number of carbonyl (C=O) groups excluding carboxylic acids is 1. The van der Waals surface area contributed by atoms with Crippen LogP contribution in [0.2, 0.25) is 0 Å². The molecule has 0 bridgehead atoms. The minimum atomic E-state index is -1.09. The Morgan fingerprint density at radius 3 is 2.54 bits per heavy atom. The Balaban J connectivity index is 1.77. The molecular weight excluding hydrogens is 340 g/mol. The molecule has 24 heavy (non-hydrogen) atoms.